The number of hydrogen-bond acceptors (Lipinski definition) is 2. The lowest BCUT2D eigenvalue weighted by Gasteiger charge is -2.21. The molecule has 1 saturated carbocycles. The van der Waals surface area contributed by atoms with E-state index in [1.807, 2.05) is 0 Å². The van der Waals surface area contributed by atoms with Crippen molar-refractivity contribution in [2.24, 2.45) is 11.8 Å². The normalized spacial score (nSPS) is 45.1. The second-order valence-corrected chi connectivity index (χ2v) is 4.93. The molecule has 0 aromatic heterocycles. The molecule has 3 aliphatic rings. The van der Waals surface area contributed by atoms with Crippen LogP contribution in [0.3, 0.4) is 0 Å². The Morgan fingerprint density at radius 3 is 2.93 bits per heavy atom. The van der Waals surface area contributed by atoms with Crippen LogP contribution < -0.4 is 5.32 Å². The van der Waals surface area contributed by atoms with Crippen LogP contribution in [0.4, 0.5) is 0 Å². The van der Waals surface area contributed by atoms with E-state index in [0.29, 0.717) is 6.10 Å². The van der Waals surface area contributed by atoms with Crippen LogP contribution in [0.25, 0.3) is 0 Å². The molecular weight excluding hydrogens is 174 g/mol. The third-order valence-corrected chi connectivity index (χ3v) is 3.91. The van der Waals surface area contributed by atoms with Gasteiger partial charge in [-0.15, -0.1) is 0 Å². The zero-order valence-corrected chi connectivity index (χ0v) is 8.61. The summed E-state index contributed by atoms with van der Waals surface area (Å²) in [6.45, 7) is 2.05. The van der Waals surface area contributed by atoms with Gasteiger partial charge in [-0.1, -0.05) is 12.2 Å². The molecular formula is C12H19NO. The molecule has 2 heteroatoms. The first-order valence-corrected chi connectivity index (χ1v) is 5.95. The van der Waals surface area contributed by atoms with Crippen LogP contribution in [0.2, 0.25) is 0 Å². The molecule has 1 heterocycles. The van der Waals surface area contributed by atoms with Crippen molar-refractivity contribution in [3.63, 3.8) is 0 Å². The molecule has 1 aliphatic heterocycles. The van der Waals surface area contributed by atoms with Crippen LogP contribution in [0.1, 0.15) is 25.7 Å². The zero-order valence-electron chi connectivity index (χ0n) is 8.61. The highest BCUT2D eigenvalue weighted by atomic mass is 16.5. The highest BCUT2D eigenvalue weighted by Crippen LogP contribution is 2.38. The first-order chi connectivity index (χ1) is 6.92. The topological polar surface area (TPSA) is 21.3 Å². The summed E-state index contributed by atoms with van der Waals surface area (Å²) in [5.41, 5.74) is 0. The molecule has 2 unspecified atom stereocenters. The molecule has 3 rings (SSSR count). The van der Waals surface area contributed by atoms with E-state index in [9.17, 15) is 0 Å². The number of nitrogens with one attached hydrogen (secondary N) is 1. The van der Waals surface area contributed by atoms with Crippen LogP contribution in [0.5, 0.6) is 0 Å². The molecule has 2 aliphatic carbocycles. The van der Waals surface area contributed by atoms with Gasteiger partial charge in [0.15, 0.2) is 0 Å². The van der Waals surface area contributed by atoms with Crippen molar-refractivity contribution in [1.82, 2.24) is 5.32 Å². The van der Waals surface area contributed by atoms with Crippen molar-refractivity contribution in [3.8, 4) is 0 Å². The smallest absolute Gasteiger partial charge is 0.0700 e. The summed E-state index contributed by atoms with van der Waals surface area (Å²) in [6.07, 6.45) is 10.6. The number of ether oxygens (including phenoxy) is 1. The van der Waals surface area contributed by atoms with E-state index in [4.69, 9.17) is 4.74 Å². The van der Waals surface area contributed by atoms with Crippen LogP contribution >= 0.6 is 0 Å². The predicted molar refractivity (Wildman–Crippen MR) is 56.1 cm³/mol. The Hall–Kier alpha value is -0.340. The number of fused-ring (bicyclic) bond motifs is 2. The Kier molecular flexibility index (Phi) is 2.34. The van der Waals surface area contributed by atoms with Crippen molar-refractivity contribution >= 4 is 0 Å². The first-order valence-electron chi connectivity index (χ1n) is 5.95. The molecule has 4 atom stereocenters. The lowest BCUT2D eigenvalue weighted by molar-refractivity contribution is 0.106. The highest BCUT2D eigenvalue weighted by molar-refractivity contribution is 5.12. The standard InChI is InChI=1S/C12H19NO/c1-2-11(14-5-1)8-13-12-7-9-3-4-10(12)6-9/h3-4,9-13H,1-2,5-8H2/t9-,10+,11?,12?/m1/s1. The quantitative estimate of drug-likeness (QED) is 0.689. The average molecular weight is 193 g/mol. The van der Waals surface area contributed by atoms with Crippen molar-refractivity contribution in [2.45, 2.75) is 37.8 Å². The summed E-state index contributed by atoms with van der Waals surface area (Å²) in [4.78, 5) is 0. The number of hydrogen-bond donors (Lipinski definition) is 1. The van der Waals surface area contributed by atoms with E-state index in [1.54, 1.807) is 0 Å². The Balaban J connectivity index is 1.47. The molecule has 78 valence electrons. The third kappa shape index (κ3) is 1.61. The highest BCUT2D eigenvalue weighted by Gasteiger charge is 2.35. The van der Waals surface area contributed by atoms with E-state index in [2.05, 4.69) is 17.5 Å². The van der Waals surface area contributed by atoms with Gasteiger partial charge in [-0.2, -0.15) is 0 Å². The summed E-state index contributed by atoms with van der Waals surface area (Å²) in [5.74, 6) is 1.70. The van der Waals surface area contributed by atoms with E-state index < -0.39 is 0 Å². The molecule has 0 amide bonds. The van der Waals surface area contributed by atoms with Crippen LogP contribution in [-0.2, 0) is 4.74 Å². The zero-order chi connectivity index (χ0) is 9.38. The molecule has 1 N–H and O–H groups in total. The first kappa shape index (κ1) is 8.93. The summed E-state index contributed by atoms with van der Waals surface area (Å²) in [6, 6.07) is 0.745. The van der Waals surface area contributed by atoms with Gasteiger partial charge in [-0.3, -0.25) is 0 Å². The van der Waals surface area contributed by atoms with Crippen molar-refractivity contribution in [3.05, 3.63) is 12.2 Å². The van der Waals surface area contributed by atoms with Crippen molar-refractivity contribution in [2.75, 3.05) is 13.2 Å². The average Bonchev–Trinajstić information content (AvgIpc) is 2.91. The van der Waals surface area contributed by atoms with Gasteiger partial charge in [0.2, 0.25) is 0 Å². The van der Waals surface area contributed by atoms with Gasteiger partial charge in [0.25, 0.3) is 0 Å². The summed E-state index contributed by atoms with van der Waals surface area (Å²) < 4.78 is 5.61. The van der Waals surface area contributed by atoms with Gasteiger partial charge in [0, 0.05) is 19.2 Å². The SMILES string of the molecule is C1=C[C@H]2C[C@@H]1CC2NCC1CCCO1. The summed E-state index contributed by atoms with van der Waals surface area (Å²) in [7, 11) is 0. The summed E-state index contributed by atoms with van der Waals surface area (Å²) in [5, 5.41) is 3.68. The molecule has 0 spiro atoms. The maximum atomic E-state index is 5.61. The Morgan fingerprint density at radius 1 is 1.29 bits per heavy atom. The number of rotatable bonds is 3. The molecule has 14 heavy (non-hydrogen) atoms. The minimum Gasteiger partial charge on any atom is -0.377 e. The predicted octanol–water partition coefficient (Wildman–Crippen LogP) is 1.72. The minimum atomic E-state index is 0.498. The van der Waals surface area contributed by atoms with Gasteiger partial charge < -0.3 is 10.1 Å². The van der Waals surface area contributed by atoms with Crippen molar-refractivity contribution < 1.29 is 4.74 Å². The largest absolute Gasteiger partial charge is 0.377 e. The van der Waals surface area contributed by atoms with Crippen LogP contribution in [-0.4, -0.2) is 25.3 Å². The molecule has 0 radical (unpaired) electrons. The Labute approximate surface area is 85.7 Å². The van der Waals surface area contributed by atoms with Crippen molar-refractivity contribution in [1.29, 1.82) is 0 Å². The lowest BCUT2D eigenvalue weighted by atomic mass is 10.0. The van der Waals surface area contributed by atoms with E-state index in [0.717, 1.165) is 31.0 Å². The third-order valence-electron chi connectivity index (χ3n) is 3.91. The maximum Gasteiger partial charge on any atom is 0.0700 e. The van der Waals surface area contributed by atoms with Gasteiger partial charge in [-0.05, 0) is 37.5 Å². The fraction of sp³-hybridized carbons (Fsp3) is 0.833. The molecule has 2 bridgehead atoms. The second-order valence-electron chi connectivity index (χ2n) is 4.93. The Bertz CT molecular complexity index is 232. The maximum absolute atomic E-state index is 5.61. The van der Waals surface area contributed by atoms with Crippen LogP contribution in [0.15, 0.2) is 12.2 Å². The second kappa shape index (κ2) is 3.67. The fourth-order valence-electron chi connectivity index (χ4n) is 3.10. The van der Waals surface area contributed by atoms with Crippen LogP contribution in [0, 0.1) is 11.8 Å². The minimum absolute atomic E-state index is 0.498. The van der Waals surface area contributed by atoms with E-state index in [-0.39, 0.29) is 0 Å². The van der Waals surface area contributed by atoms with E-state index >= 15 is 0 Å². The van der Waals surface area contributed by atoms with Gasteiger partial charge >= 0.3 is 0 Å². The van der Waals surface area contributed by atoms with Gasteiger partial charge in [0.05, 0.1) is 6.10 Å². The lowest BCUT2D eigenvalue weighted by Crippen LogP contribution is -2.37. The molecule has 2 nitrogen and oxygen atoms in total. The summed E-state index contributed by atoms with van der Waals surface area (Å²) >= 11 is 0. The molecule has 0 aromatic carbocycles. The van der Waals surface area contributed by atoms with Gasteiger partial charge in [0.1, 0.15) is 0 Å². The monoisotopic (exact) mass is 193 g/mol. The fourth-order valence-corrected chi connectivity index (χ4v) is 3.10. The molecule has 2 fully saturated rings. The van der Waals surface area contributed by atoms with Gasteiger partial charge in [-0.25, -0.2) is 0 Å². The molecule has 0 aromatic rings. The van der Waals surface area contributed by atoms with E-state index in [1.165, 1.54) is 25.7 Å². The Morgan fingerprint density at radius 2 is 2.29 bits per heavy atom. The molecule has 1 saturated heterocycles. The number of allylic oxidation sites excluding steroid dienone is 1.